The predicted octanol–water partition coefficient (Wildman–Crippen LogP) is 3.52. The Morgan fingerprint density at radius 1 is 1.18 bits per heavy atom. The Bertz CT molecular complexity index is 698. The number of nitro groups is 1. The molecule has 0 saturated carbocycles. The first kappa shape index (κ1) is 15.5. The van der Waals surface area contributed by atoms with Crippen molar-refractivity contribution >= 4 is 11.7 Å². The van der Waals surface area contributed by atoms with E-state index in [0.29, 0.717) is 16.9 Å². The molecule has 2 aromatic carbocycles. The highest BCUT2D eigenvalue weighted by molar-refractivity contribution is 5.90. The number of carbonyl (C=O) groups is 1. The Morgan fingerprint density at radius 2 is 1.91 bits per heavy atom. The second kappa shape index (κ2) is 6.71. The topological polar surface area (TPSA) is 78.7 Å². The highest BCUT2D eigenvalue weighted by Crippen LogP contribution is 2.23. The molecule has 1 atom stereocenters. The minimum Gasteiger partial charge on any atom is -0.497 e. The summed E-state index contributed by atoms with van der Waals surface area (Å²) in [5.74, 6) is 0.0374. The first-order valence-corrected chi connectivity index (χ1v) is 6.60. The van der Waals surface area contributed by atoms with Crippen LogP contribution < -0.4 is 4.74 Å². The molecule has 0 heterocycles. The smallest absolute Gasteiger partial charge is 0.338 e. The van der Waals surface area contributed by atoms with Crippen LogP contribution in [0.1, 0.15) is 28.9 Å². The highest BCUT2D eigenvalue weighted by Gasteiger charge is 2.16. The zero-order valence-electron chi connectivity index (χ0n) is 12.2. The van der Waals surface area contributed by atoms with Crippen LogP contribution in [0.4, 0.5) is 5.69 Å². The first-order valence-electron chi connectivity index (χ1n) is 6.60. The van der Waals surface area contributed by atoms with E-state index in [0.717, 1.165) is 0 Å². The second-order valence-electron chi connectivity index (χ2n) is 4.63. The highest BCUT2D eigenvalue weighted by atomic mass is 16.6. The number of methoxy groups -OCH3 is 1. The summed E-state index contributed by atoms with van der Waals surface area (Å²) < 4.78 is 10.4. The third-order valence-electron chi connectivity index (χ3n) is 3.14. The van der Waals surface area contributed by atoms with Crippen molar-refractivity contribution < 1.29 is 19.2 Å². The van der Waals surface area contributed by atoms with E-state index < -0.39 is 17.0 Å². The summed E-state index contributed by atoms with van der Waals surface area (Å²) in [7, 11) is 1.51. The van der Waals surface area contributed by atoms with Gasteiger partial charge in [0.2, 0.25) is 0 Å². The molecule has 0 fully saturated rings. The number of benzene rings is 2. The van der Waals surface area contributed by atoms with Crippen molar-refractivity contribution in [2.45, 2.75) is 13.0 Å². The number of ether oxygens (including phenoxy) is 2. The number of carbonyl (C=O) groups excluding carboxylic acids is 1. The molecule has 2 aromatic rings. The van der Waals surface area contributed by atoms with E-state index in [1.165, 1.54) is 19.2 Å². The van der Waals surface area contributed by atoms with Crippen LogP contribution in [-0.4, -0.2) is 18.0 Å². The van der Waals surface area contributed by atoms with Crippen LogP contribution in [0.25, 0.3) is 0 Å². The normalized spacial score (nSPS) is 11.5. The molecule has 22 heavy (non-hydrogen) atoms. The molecule has 0 N–H and O–H groups in total. The van der Waals surface area contributed by atoms with Gasteiger partial charge in [0.05, 0.1) is 17.6 Å². The number of esters is 1. The molecule has 0 amide bonds. The summed E-state index contributed by atoms with van der Waals surface area (Å²) in [6.45, 7) is 1.66. The minimum atomic E-state index is -0.599. The molecule has 6 heteroatoms. The zero-order chi connectivity index (χ0) is 16.1. The van der Waals surface area contributed by atoms with E-state index in [9.17, 15) is 14.9 Å². The molecule has 0 aliphatic heterocycles. The van der Waals surface area contributed by atoms with Gasteiger partial charge in [-0.25, -0.2) is 4.79 Å². The van der Waals surface area contributed by atoms with E-state index in [1.807, 2.05) is 0 Å². The molecule has 114 valence electrons. The number of nitrogens with zero attached hydrogens (tertiary/aromatic N) is 1. The van der Waals surface area contributed by atoms with E-state index in [1.54, 1.807) is 43.3 Å². The Labute approximate surface area is 127 Å². The third kappa shape index (κ3) is 3.60. The Hall–Kier alpha value is -2.89. The fraction of sp³-hybridized carbons (Fsp3) is 0.188. The van der Waals surface area contributed by atoms with Crippen molar-refractivity contribution in [1.29, 1.82) is 0 Å². The molecule has 1 unspecified atom stereocenters. The molecule has 0 bridgehead atoms. The van der Waals surface area contributed by atoms with Gasteiger partial charge in [-0.3, -0.25) is 10.1 Å². The van der Waals surface area contributed by atoms with Gasteiger partial charge in [-0.15, -0.1) is 0 Å². The summed E-state index contributed by atoms with van der Waals surface area (Å²) >= 11 is 0. The summed E-state index contributed by atoms with van der Waals surface area (Å²) in [5, 5.41) is 10.8. The lowest BCUT2D eigenvalue weighted by Gasteiger charge is -2.13. The number of nitro benzene ring substituents is 1. The Balaban J connectivity index is 2.13. The molecule has 0 radical (unpaired) electrons. The average Bonchev–Trinajstić information content (AvgIpc) is 2.54. The van der Waals surface area contributed by atoms with Gasteiger partial charge in [0, 0.05) is 12.1 Å². The maximum absolute atomic E-state index is 12.1. The molecule has 0 saturated heterocycles. The van der Waals surface area contributed by atoms with Crippen molar-refractivity contribution in [3.05, 3.63) is 69.8 Å². The molecule has 2 rings (SSSR count). The average molecular weight is 301 g/mol. The van der Waals surface area contributed by atoms with Gasteiger partial charge in [0.15, 0.2) is 0 Å². The molecular weight excluding hydrogens is 286 g/mol. The molecule has 0 aliphatic rings. The molecule has 6 nitrogen and oxygen atoms in total. The van der Waals surface area contributed by atoms with E-state index in [-0.39, 0.29) is 5.69 Å². The maximum atomic E-state index is 12.1. The summed E-state index contributed by atoms with van der Waals surface area (Å²) in [6, 6.07) is 12.6. The lowest BCUT2D eigenvalue weighted by Crippen LogP contribution is -2.09. The first-order chi connectivity index (χ1) is 10.5. The van der Waals surface area contributed by atoms with Gasteiger partial charge >= 0.3 is 5.97 Å². The van der Waals surface area contributed by atoms with Crippen LogP contribution in [0.15, 0.2) is 48.5 Å². The van der Waals surface area contributed by atoms with Crippen molar-refractivity contribution in [3.8, 4) is 5.75 Å². The van der Waals surface area contributed by atoms with E-state index in [4.69, 9.17) is 9.47 Å². The number of hydrogen-bond donors (Lipinski definition) is 0. The fourth-order valence-electron chi connectivity index (χ4n) is 1.94. The molecule has 0 aliphatic carbocycles. The van der Waals surface area contributed by atoms with E-state index in [2.05, 4.69) is 0 Å². The number of rotatable bonds is 5. The number of hydrogen-bond acceptors (Lipinski definition) is 5. The van der Waals surface area contributed by atoms with Crippen molar-refractivity contribution in [1.82, 2.24) is 0 Å². The van der Waals surface area contributed by atoms with Crippen LogP contribution in [0, 0.1) is 10.1 Å². The van der Waals surface area contributed by atoms with Crippen molar-refractivity contribution in [3.63, 3.8) is 0 Å². The third-order valence-corrected chi connectivity index (χ3v) is 3.14. The van der Waals surface area contributed by atoms with Crippen LogP contribution >= 0.6 is 0 Å². The number of non-ortho nitro benzene ring substituents is 1. The molecule has 0 spiro atoms. The SMILES string of the molecule is COc1cccc(C(=O)OC(C)c2cccc([N+](=O)[O-])c2)c1. The minimum absolute atomic E-state index is 0.0400. The van der Waals surface area contributed by atoms with Crippen molar-refractivity contribution in [2.24, 2.45) is 0 Å². The monoisotopic (exact) mass is 301 g/mol. The quantitative estimate of drug-likeness (QED) is 0.479. The fourth-order valence-corrected chi connectivity index (χ4v) is 1.94. The zero-order valence-corrected chi connectivity index (χ0v) is 12.2. The Morgan fingerprint density at radius 3 is 2.59 bits per heavy atom. The van der Waals surface area contributed by atoms with Gasteiger partial charge in [0.25, 0.3) is 5.69 Å². The van der Waals surface area contributed by atoms with Gasteiger partial charge in [0.1, 0.15) is 11.9 Å². The summed E-state index contributed by atoms with van der Waals surface area (Å²) in [4.78, 5) is 22.4. The lowest BCUT2D eigenvalue weighted by molar-refractivity contribution is -0.385. The van der Waals surface area contributed by atoms with Gasteiger partial charge < -0.3 is 9.47 Å². The van der Waals surface area contributed by atoms with Crippen LogP contribution in [-0.2, 0) is 4.74 Å². The molecular formula is C16H15NO5. The van der Waals surface area contributed by atoms with Gasteiger partial charge in [-0.05, 0) is 30.7 Å². The van der Waals surface area contributed by atoms with E-state index >= 15 is 0 Å². The predicted molar refractivity (Wildman–Crippen MR) is 79.9 cm³/mol. The van der Waals surface area contributed by atoms with Crippen LogP contribution in [0.3, 0.4) is 0 Å². The second-order valence-corrected chi connectivity index (χ2v) is 4.63. The van der Waals surface area contributed by atoms with Crippen LogP contribution in [0.5, 0.6) is 5.75 Å². The standard InChI is InChI=1S/C16H15NO5/c1-11(12-5-3-7-14(9-12)17(19)20)22-16(18)13-6-4-8-15(10-13)21-2/h3-11H,1-2H3. The summed E-state index contributed by atoms with van der Waals surface area (Å²) in [6.07, 6.45) is -0.599. The van der Waals surface area contributed by atoms with Gasteiger partial charge in [-0.2, -0.15) is 0 Å². The molecule has 0 aromatic heterocycles. The van der Waals surface area contributed by atoms with Crippen LogP contribution in [0.2, 0.25) is 0 Å². The lowest BCUT2D eigenvalue weighted by atomic mass is 10.1. The van der Waals surface area contributed by atoms with Crippen molar-refractivity contribution in [2.75, 3.05) is 7.11 Å². The Kier molecular flexibility index (Phi) is 4.73. The summed E-state index contributed by atoms with van der Waals surface area (Å²) in [5.41, 5.74) is 0.879. The van der Waals surface area contributed by atoms with Gasteiger partial charge in [-0.1, -0.05) is 18.2 Å². The maximum Gasteiger partial charge on any atom is 0.338 e. The largest absolute Gasteiger partial charge is 0.497 e.